The van der Waals surface area contributed by atoms with E-state index in [2.05, 4.69) is 19.2 Å². The molecule has 0 atom stereocenters. The predicted octanol–water partition coefficient (Wildman–Crippen LogP) is 6.14. The monoisotopic (exact) mass is 546 g/mol. The van der Waals surface area contributed by atoms with E-state index in [-0.39, 0.29) is 24.0 Å². The van der Waals surface area contributed by atoms with Crippen molar-refractivity contribution in [3.63, 3.8) is 0 Å². The molecule has 2 heterocycles. The van der Waals surface area contributed by atoms with Gasteiger partial charge in [-0.1, -0.05) is 68.4 Å². The highest BCUT2D eigenvalue weighted by molar-refractivity contribution is 7.89. The summed E-state index contributed by atoms with van der Waals surface area (Å²) in [4.78, 5) is 19.5. The van der Waals surface area contributed by atoms with E-state index >= 15 is 0 Å². The number of anilines is 1. The molecule has 5 rings (SSSR count). The molecule has 1 aromatic heterocycles. The molecule has 196 valence electrons. The second-order valence-corrected chi connectivity index (χ2v) is 12.3. The number of benzene rings is 3. The summed E-state index contributed by atoms with van der Waals surface area (Å²) in [5.41, 5.74) is 4.73. The number of sulfonamides is 1. The number of hydrogen-bond acceptors (Lipinski definition) is 5. The van der Waals surface area contributed by atoms with Gasteiger partial charge in [0.2, 0.25) is 10.0 Å². The van der Waals surface area contributed by atoms with E-state index in [0.29, 0.717) is 24.7 Å². The molecule has 38 heavy (non-hydrogen) atoms. The number of aromatic nitrogens is 1. The van der Waals surface area contributed by atoms with Gasteiger partial charge < -0.3 is 10.2 Å². The first-order valence-corrected chi connectivity index (χ1v) is 14.9. The summed E-state index contributed by atoms with van der Waals surface area (Å²) in [7, 11) is -3.59. The molecular formula is C29H30N4O3S2. The van der Waals surface area contributed by atoms with Crippen molar-refractivity contribution < 1.29 is 13.2 Å². The van der Waals surface area contributed by atoms with Crippen LogP contribution >= 0.6 is 11.3 Å². The second kappa shape index (κ2) is 11.1. The second-order valence-electron chi connectivity index (χ2n) is 9.53. The van der Waals surface area contributed by atoms with Gasteiger partial charge in [-0.3, -0.25) is 0 Å². The van der Waals surface area contributed by atoms with Gasteiger partial charge in [-0.15, -0.1) is 11.3 Å². The molecule has 1 aliphatic rings. The van der Waals surface area contributed by atoms with E-state index in [1.54, 1.807) is 28.4 Å². The first-order chi connectivity index (χ1) is 18.3. The van der Waals surface area contributed by atoms with Crippen molar-refractivity contribution in [3.05, 3.63) is 89.8 Å². The molecule has 7 nitrogen and oxygen atoms in total. The van der Waals surface area contributed by atoms with Crippen molar-refractivity contribution in [1.82, 2.24) is 14.2 Å². The highest BCUT2D eigenvalue weighted by atomic mass is 32.2. The third-order valence-electron chi connectivity index (χ3n) is 6.67. The summed E-state index contributed by atoms with van der Waals surface area (Å²) in [5, 5.41) is 5.92. The van der Waals surface area contributed by atoms with E-state index < -0.39 is 10.0 Å². The number of piperazine rings is 1. The van der Waals surface area contributed by atoms with E-state index in [0.717, 1.165) is 27.4 Å². The maximum absolute atomic E-state index is 13.1. The molecular weight excluding hydrogens is 516 g/mol. The number of hydrogen-bond donors (Lipinski definition) is 1. The minimum absolute atomic E-state index is 0.240. The molecule has 0 bridgehead atoms. The van der Waals surface area contributed by atoms with Crippen molar-refractivity contribution in [2.75, 3.05) is 31.5 Å². The maximum Gasteiger partial charge on any atom is 0.321 e. The van der Waals surface area contributed by atoms with Crippen molar-refractivity contribution in [3.8, 4) is 21.8 Å². The predicted molar refractivity (Wildman–Crippen MR) is 153 cm³/mol. The minimum atomic E-state index is -3.59. The van der Waals surface area contributed by atoms with E-state index in [1.165, 1.54) is 4.31 Å². The zero-order chi connectivity index (χ0) is 26.7. The average Bonchev–Trinajstić information content (AvgIpc) is 3.44. The van der Waals surface area contributed by atoms with Crippen molar-refractivity contribution in [1.29, 1.82) is 0 Å². The van der Waals surface area contributed by atoms with Crippen LogP contribution in [0.3, 0.4) is 0 Å². The Kier molecular flexibility index (Phi) is 7.60. The molecule has 3 aromatic carbocycles. The van der Waals surface area contributed by atoms with Crippen LogP contribution in [0.4, 0.5) is 10.5 Å². The van der Waals surface area contributed by atoms with Crippen molar-refractivity contribution >= 4 is 33.1 Å². The number of carbonyl (C=O) groups excluding carboxylic acids is 1. The Morgan fingerprint density at radius 2 is 1.53 bits per heavy atom. The number of nitrogens with zero attached hydrogens (tertiary/aromatic N) is 3. The van der Waals surface area contributed by atoms with Crippen LogP contribution in [0, 0.1) is 0 Å². The Bertz CT molecular complexity index is 1490. The third kappa shape index (κ3) is 5.65. The zero-order valence-electron chi connectivity index (χ0n) is 21.4. The summed E-state index contributed by atoms with van der Waals surface area (Å²) >= 11 is 1.60. The van der Waals surface area contributed by atoms with Crippen LogP contribution in [0.15, 0.2) is 89.1 Å². The molecule has 0 radical (unpaired) electrons. The van der Waals surface area contributed by atoms with E-state index in [9.17, 15) is 13.2 Å². The molecule has 4 aromatic rings. The third-order valence-corrected chi connectivity index (χ3v) is 9.47. The smallest absolute Gasteiger partial charge is 0.321 e. The number of thiazole rings is 1. The molecule has 1 fully saturated rings. The molecule has 0 spiro atoms. The molecule has 0 aliphatic carbocycles. The van der Waals surface area contributed by atoms with E-state index in [4.69, 9.17) is 4.98 Å². The maximum atomic E-state index is 13.1. The van der Waals surface area contributed by atoms with Gasteiger partial charge in [-0.25, -0.2) is 18.2 Å². The van der Waals surface area contributed by atoms with Crippen LogP contribution in [0.2, 0.25) is 0 Å². The molecule has 2 amide bonds. The molecule has 0 saturated carbocycles. The highest BCUT2D eigenvalue weighted by Gasteiger charge is 2.30. The van der Waals surface area contributed by atoms with Crippen LogP contribution in [0.25, 0.3) is 21.8 Å². The fourth-order valence-electron chi connectivity index (χ4n) is 4.35. The zero-order valence-corrected chi connectivity index (χ0v) is 23.0. The topological polar surface area (TPSA) is 82.6 Å². The van der Waals surface area contributed by atoms with Crippen LogP contribution in [0.1, 0.15) is 25.3 Å². The Morgan fingerprint density at radius 3 is 2.16 bits per heavy atom. The number of carbonyl (C=O) groups is 1. The Labute approximate surface area is 227 Å². The lowest BCUT2D eigenvalue weighted by molar-refractivity contribution is 0.184. The number of rotatable bonds is 6. The van der Waals surface area contributed by atoms with Gasteiger partial charge in [0, 0.05) is 48.4 Å². The van der Waals surface area contributed by atoms with Crippen LogP contribution in [-0.2, 0) is 10.0 Å². The lowest BCUT2D eigenvalue weighted by atomic mass is 10.0. The molecule has 9 heteroatoms. The van der Waals surface area contributed by atoms with Gasteiger partial charge in [0.05, 0.1) is 10.6 Å². The summed E-state index contributed by atoms with van der Waals surface area (Å²) in [6.07, 6.45) is 0. The first-order valence-electron chi connectivity index (χ1n) is 12.6. The van der Waals surface area contributed by atoms with Crippen molar-refractivity contribution in [2.45, 2.75) is 24.7 Å². The van der Waals surface area contributed by atoms with Gasteiger partial charge in [0.25, 0.3) is 0 Å². The standard InChI is InChI=1S/C29H30N4O3S2/c1-21(2)22-10-14-26(15-11-22)38(35,36)33-18-16-32(17-19-33)29(34)30-25-12-8-23(9-13-25)27-20-37-28(31-27)24-6-4-3-5-7-24/h3-15,20-21H,16-19H2,1-2H3,(H,30,34). The molecule has 0 unspecified atom stereocenters. The SMILES string of the molecule is CC(C)c1ccc(S(=O)(=O)N2CCN(C(=O)Nc3ccc(-c4csc(-c5ccccc5)n4)cc3)CC2)cc1. The van der Waals surface area contributed by atoms with Gasteiger partial charge in [-0.2, -0.15) is 4.31 Å². The Balaban J connectivity index is 1.17. The molecule has 1 saturated heterocycles. The lowest BCUT2D eigenvalue weighted by Gasteiger charge is -2.34. The number of urea groups is 1. The van der Waals surface area contributed by atoms with Crippen LogP contribution < -0.4 is 5.32 Å². The van der Waals surface area contributed by atoms with Gasteiger partial charge >= 0.3 is 6.03 Å². The van der Waals surface area contributed by atoms with Crippen molar-refractivity contribution in [2.24, 2.45) is 0 Å². The average molecular weight is 547 g/mol. The molecule has 1 N–H and O–H groups in total. The minimum Gasteiger partial charge on any atom is -0.322 e. The summed E-state index contributed by atoms with van der Waals surface area (Å²) in [5.74, 6) is 0.338. The number of amides is 2. The van der Waals surface area contributed by atoms with Gasteiger partial charge in [0.15, 0.2) is 0 Å². The molecule has 1 aliphatic heterocycles. The summed E-state index contributed by atoms with van der Waals surface area (Å²) < 4.78 is 27.6. The Hall–Kier alpha value is -3.53. The number of nitrogens with one attached hydrogen (secondary N) is 1. The van der Waals surface area contributed by atoms with Gasteiger partial charge in [0.1, 0.15) is 5.01 Å². The summed E-state index contributed by atoms with van der Waals surface area (Å²) in [6, 6.07) is 24.5. The highest BCUT2D eigenvalue weighted by Crippen LogP contribution is 2.29. The lowest BCUT2D eigenvalue weighted by Crippen LogP contribution is -2.51. The summed E-state index contributed by atoms with van der Waals surface area (Å²) in [6.45, 7) is 5.32. The van der Waals surface area contributed by atoms with Gasteiger partial charge in [-0.05, 0) is 35.7 Å². The van der Waals surface area contributed by atoms with E-state index in [1.807, 2.05) is 72.1 Å². The fourth-order valence-corrected chi connectivity index (χ4v) is 6.61. The largest absolute Gasteiger partial charge is 0.322 e. The normalized spacial score (nSPS) is 14.6. The Morgan fingerprint density at radius 1 is 0.868 bits per heavy atom. The van der Waals surface area contributed by atoms with Crippen LogP contribution in [-0.4, -0.2) is 54.8 Å². The first kappa shape index (κ1) is 26.1. The fraction of sp³-hybridized carbons (Fsp3) is 0.241. The van der Waals surface area contributed by atoms with Crippen LogP contribution in [0.5, 0.6) is 0 Å². The quantitative estimate of drug-likeness (QED) is 0.315.